The third kappa shape index (κ3) is 4.51. The van der Waals surface area contributed by atoms with Crippen molar-refractivity contribution in [3.8, 4) is 5.75 Å². The molecule has 0 bridgehead atoms. The van der Waals surface area contributed by atoms with E-state index in [0.717, 1.165) is 0 Å². The maximum atomic E-state index is 12.7. The highest BCUT2D eigenvalue weighted by atomic mass is 35.5. The summed E-state index contributed by atoms with van der Waals surface area (Å²) in [6, 6.07) is 6.91. The topological polar surface area (TPSA) is 114 Å². The van der Waals surface area contributed by atoms with E-state index in [1.165, 1.54) is 11.4 Å². The van der Waals surface area contributed by atoms with Crippen LogP contribution in [0.3, 0.4) is 0 Å². The van der Waals surface area contributed by atoms with E-state index in [9.17, 15) is 8.42 Å². The summed E-state index contributed by atoms with van der Waals surface area (Å²) in [6.07, 6.45) is 0.302. The van der Waals surface area contributed by atoms with Gasteiger partial charge in [-0.3, -0.25) is 5.10 Å². The number of nitrogens with zero attached hydrogens (tertiary/aromatic N) is 4. The molecular formula is C17H20ClN5O4S. The molecule has 1 aromatic carbocycles. The van der Waals surface area contributed by atoms with Crippen LogP contribution in [0.25, 0.3) is 0 Å². The molecule has 28 heavy (non-hydrogen) atoms. The van der Waals surface area contributed by atoms with E-state index in [0.29, 0.717) is 40.3 Å². The van der Waals surface area contributed by atoms with Crippen LogP contribution in [0, 0.1) is 13.8 Å². The number of hydrogen-bond donors (Lipinski definition) is 1. The number of likely N-dealkylation sites (N-methyl/N-ethyl adjacent to an activating group) is 1. The summed E-state index contributed by atoms with van der Waals surface area (Å²) in [4.78, 5) is 4.42. The Labute approximate surface area is 167 Å². The lowest BCUT2D eigenvalue weighted by molar-refractivity contribution is 0.242. The Bertz CT molecular complexity index is 1030. The number of ether oxygens (including phenoxy) is 1. The summed E-state index contributed by atoms with van der Waals surface area (Å²) in [5.74, 6) is 1.33. The number of hydrogen-bond acceptors (Lipinski definition) is 7. The summed E-state index contributed by atoms with van der Waals surface area (Å²) in [5.41, 5.74) is 0.941. The number of sulfonamides is 1. The second-order valence-electron chi connectivity index (χ2n) is 6.19. The van der Waals surface area contributed by atoms with Crippen molar-refractivity contribution < 1.29 is 17.7 Å². The molecule has 0 spiro atoms. The summed E-state index contributed by atoms with van der Waals surface area (Å²) >= 11 is 5.83. The average molecular weight is 426 g/mol. The van der Waals surface area contributed by atoms with E-state index < -0.39 is 10.0 Å². The number of aromatic nitrogens is 4. The minimum atomic E-state index is -3.65. The largest absolute Gasteiger partial charge is 0.484 e. The van der Waals surface area contributed by atoms with Crippen LogP contribution in [0.4, 0.5) is 0 Å². The van der Waals surface area contributed by atoms with E-state index >= 15 is 0 Å². The quantitative estimate of drug-likeness (QED) is 0.589. The molecule has 9 nitrogen and oxygen atoms in total. The lowest BCUT2D eigenvalue weighted by Crippen LogP contribution is -2.30. The molecule has 0 aliphatic rings. The van der Waals surface area contributed by atoms with E-state index in [2.05, 4.69) is 20.3 Å². The minimum Gasteiger partial charge on any atom is -0.484 e. The number of nitrogens with one attached hydrogen (secondary N) is 1. The van der Waals surface area contributed by atoms with Gasteiger partial charge in [0.2, 0.25) is 10.0 Å². The molecular weight excluding hydrogens is 406 g/mol. The van der Waals surface area contributed by atoms with Gasteiger partial charge in [-0.2, -0.15) is 10.1 Å². The van der Waals surface area contributed by atoms with Gasteiger partial charge in [-0.1, -0.05) is 16.8 Å². The van der Waals surface area contributed by atoms with Gasteiger partial charge < -0.3 is 9.26 Å². The SMILES string of the molecule is Cc1n[nH]c(C)c1S(=O)(=O)N(C)CCc1noc(COc2ccc(Cl)cc2)n1. The van der Waals surface area contributed by atoms with Gasteiger partial charge in [-0.05, 0) is 38.1 Å². The minimum absolute atomic E-state index is 0.107. The molecule has 150 valence electrons. The zero-order valence-electron chi connectivity index (χ0n) is 15.6. The fourth-order valence-electron chi connectivity index (χ4n) is 2.58. The van der Waals surface area contributed by atoms with Crippen LogP contribution in [-0.2, 0) is 23.1 Å². The molecule has 0 unspecified atom stereocenters. The predicted octanol–water partition coefficient (Wildman–Crippen LogP) is 2.51. The van der Waals surface area contributed by atoms with Crippen molar-refractivity contribution >= 4 is 21.6 Å². The van der Waals surface area contributed by atoms with Crippen molar-refractivity contribution in [3.63, 3.8) is 0 Å². The van der Waals surface area contributed by atoms with Gasteiger partial charge in [-0.15, -0.1) is 0 Å². The molecule has 0 aliphatic carbocycles. The van der Waals surface area contributed by atoms with Crippen molar-refractivity contribution in [1.29, 1.82) is 0 Å². The summed E-state index contributed by atoms with van der Waals surface area (Å²) in [7, 11) is -2.15. The van der Waals surface area contributed by atoms with E-state index in [4.69, 9.17) is 20.9 Å². The van der Waals surface area contributed by atoms with Crippen molar-refractivity contribution in [2.24, 2.45) is 0 Å². The molecule has 0 fully saturated rings. The molecule has 0 radical (unpaired) electrons. The van der Waals surface area contributed by atoms with Crippen LogP contribution in [0.2, 0.25) is 5.02 Å². The first-order chi connectivity index (χ1) is 13.3. The molecule has 0 atom stereocenters. The molecule has 0 saturated carbocycles. The van der Waals surface area contributed by atoms with Gasteiger partial charge in [0.25, 0.3) is 5.89 Å². The van der Waals surface area contributed by atoms with Crippen molar-refractivity contribution in [3.05, 3.63) is 52.4 Å². The average Bonchev–Trinajstić information content (AvgIpc) is 3.25. The van der Waals surface area contributed by atoms with Gasteiger partial charge >= 0.3 is 0 Å². The van der Waals surface area contributed by atoms with Crippen molar-refractivity contribution in [2.75, 3.05) is 13.6 Å². The van der Waals surface area contributed by atoms with Crippen LogP contribution in [0.5, 0.6) is 5.75 Å². The lowest BCUT2D eigenvalue weighted by atomic mass is 10.3. The second kappa shape index (κ2) is 8.29. The van der Waals surface area contributed by atoms with Gasteiger partial charge in [0.15, 0.2) is 12.4 Å². The zero-order chi connectivity index (χ0) is 20.3. The van der Waals surface area contributed by atoms with Gasteiger partial charge in [-0.25, -0.2) is 12.7 Å². The Kier molecular flexibility index (Phi) is 6.01. The van der Waals surface area contributed by atoms with Crippen LogP contribution >= 0.6 is 11.6 Å². The fourth-order valence-corrected chi connectivity index (χ4v) is 4.20. The van der Waals surface area contributed by atoms with Gasteiger partial charge in [0.1, 0.15) is 10.6 Å². The highest BCUT2D eigenvalue weighted by Gasteiger charge is 2.27. The summed E-state index contributed by atoms with van der Waals surface area (Å²) < 4.78 is 37.4. The van der Waals surface area contributed by atoms with Crippen molar-refractivity contribution in [1.82, 2.24) is 24.6 Å². The first-order valence-corrected chi connectivity index (χ1v) is 10.3. The van der Waals surface area contributed by atoms with Crippen LogP contribution < -0.4 is 4.74 Å². The molecule has 11 heteroatoms. The van der Waals surface area contributed by atoms with Crippen LogP contribution in [0.15, 0.2) is 33.7 Å². The highest BCUT2D eigenvalue weighted by Crippen LogP contribution is 2.21. The molecule has 0 aliphatic heterocycles. The molecule has 3 rings (SSSR count). The predicted molar refractivity (Wildman–Crippen MR) is 102 cm³/mol. The molecule has 0 saturated heterocycles. The number of rotatable bonds is 8. The van der Waals surface area contributed by atoms with Gasteiger partial charge in [0, 0.05) is 25.0 Å². The van der Waals surface area contributed by atoms with Crippen molar-refractivity contribution in [2.45, 2.75) is 31.8 Å². The number of benzene rings is 1. The molecule has 1 N–H and O–H groups in total. The fraction of sp³-hybridized carbons (Fsp3) is 0.353. The number of halogens is 1. The van der Waals surface area contributed by atoms with E-state index in [1.54, 1.807) is 38.1 Å². The smallest absolute Gasteiger partial charge is 0.264 e. The Morgan fingerprint density at radius 3 is 2.61 bits per heavy atom. The Balaban J connectivity index is 1.57. The number of aromatic amines is 1. The zero-order valence-corrected chi connectivity index (χ0v) is 17.2. The third-order valence-corrected chi connectivity index (χ3v) is 6.44. The Hall–Kier alpha value is -2.43. The van der Waals surface area contributed by atoms with E-state index in [-0.39, 0.29) is 18.0 Å². The Morgan fingerprint density at radius 1 is 1.25 bits per heavy atom. The summed E-state index contributed by atoms with van der Waals surface area (Å²) in [6.45, 7) is 3.63. The van der Waals surface area contributed by atoms with E-state index in [1.807, 2.05) is 0 Å². The summed E-state index contributed by atoms with van der Waals surface area (Å²) in [5, 5.41) is 11.1. The number of H-pyrrole nitrogens is 1. The maximum Gasteiger partial charge on any atom is 0.264 e. The van der Waals surface area contributed by atoms with Gasteiger partial charge in [0.05, 0.1) is 11.4 Å². The standard InChI is InChI=1S/C17H20ClN5O4S/c1-11-17(12(2)21-20-11)28(24,25)23(3)9-8-15-19-16(27-22-15)10-26-14-6-4-13(18)5-7-14/h4-7H,8-10H2,1-3H3,(H,20,21). The molecule has 2 aromatic heterocycles. The first-order valence-electron chi connectivity index (χ1n) is 8.45. The normalized spacial score (nSPS) is 11.9. The maximum absolute atomic E-state index is 12.7. The first kappa shape index (κ1) is 20.3. The molecule has 0 amide bonds. The van der Waals surface area contributed by atoms with Crippen LogP contribution in [0.1, 0.15) is 23.1 Å². The molecule has 2 heterocycles. The molecule has 3 aromatic rings. The van der Waals surface area contributed by atoms with Crippen LogP contribution in [-0.4, -0.2) is 46.7 Å². The third-order valence-electron chi connectivity index (χ3n) is 4.07. The number of aryl methyl sites for hydroxylation is 2. The lowest BCUT2D eigenvalue weighted by Gasteiger charge is -2.16. The second-order valence-corrected chi connectivity index (χ2v) is 8.60. The Morgan fingerprint density at radius 2 is 1.96 bits per heavy atom. The highest BCUT2D eigenvalue weighted by molar-refractivity contribution is 7.89. The monoisotopic (exact) mass is 425 g/mol.